The Labute approximate surface area is 166 Å². The number of benzene rings is 2. The van der Waals surface area contributed by atoms with Crippen LogP contribution in [-0.4, -0.2) is 19.6 Å². The minimum absolute atomic E-state index is 0.108. The third-order valence-electron chi connectivity index (χ3n) is 3.83. The molecule has 0 aliphatic rings. The first-order valence-electron chi connectivity index (χ1n) is 7.72. The van der Waals surface area contributed by atoms with Crippen LogP contribution in [0.1, 0.15) is 18.1 Å². The molecule has 0 aromatic heterocycles. The molecule has 0 spiro atoms. The molecule has 4 nitrogen and oxygen atoms in total. The summed E-state index contributed by atoms with van der Waals surface area (Å²) >= 11 is 5.66. The molecule has 2 aromatic rings. The minimum Gasteiger partial charge on any atom is -0.325 e. The monoisotopic (exact) mass is 459 g/mol. The quantitative estimate of drug-likeness (QED) is 0.641. The average molecular weight is 460 g/mol. The molecule has 1 atom stereocenters. The van der Waals surface area contributed by atoms with Crippen molar-refractivity contribution in [3.63, 3.8) is 0 Å². The standard InChI is InChI=1S/C17H12ClF6NO3S/c1-9(29(27,28)14-4-2-12(18)3-5-14)15(26)25-13-7-10(16(19,20)21)6-11(8-13)17(22,23)24/h2-9H,1H3,(H,25,26)/t9-/m1/s1. The lowest BCUT2D eigenvalue weighted by Gasteiger charge is -2.17. The van der Waals surface area contributed by atoms with Crippen molar-refractivity contribution >= 4 is 33.0 Å². The van der Waals surface area contributed by atoms with Crippen molar-refractivity contribution in [2.45, 2.75) is 29.4 Å². The molecule has 0 heterocycles. The van der Waals surface area contributed by atoms with Crippen LogP contribution in [0.4, 0.5) is 32.0 Å². The Hall–Kier alpha value is -2.27. The topological polar surface area (TPSA) is 63.2 Å². The maximum Gasteiger partial charge on any atom is 0.416 e. The van der Waals surface area contributed by atoms with Gasteiger partial charge in [0.1, 0.15) is 5.25 Å². The van der Waals surface area contributed by atoms with Crippen molar-refractivity contribution in [3.05, 3.63) is 58.6 Å². The molecule has 2 rings (SSSR count). The van der Waals surface area contributed by atoms with E-state index >= 15 is 0 Å². The second kappa shape index (κ2) is 7.86. The van der Waals surface area contributed by atoms with Gasteiger partial charge in [0.25, 0.3) is 0 Å². The molecule has 158 valence electrons. The van der Waals surface area contributed by atoms with Crippen LogP contribution in [0.5, 0.6) is 0 Å². The van der Waals surface area contributed by atoms with E-state index in [0.717, 1.165) is 19.1 Å². The van der Waals surface area contributed by atoms with Gasteiger partial charge in [-0.05, 0) is 49.4 Å². The van der Waals surface area contributed by atoms with Gasteiger partial charge in [0.15, 0.2) is 9.84 Å². The molecule has 1 N–H and O–H groups in total. The fourth-order valence-electron chi connectivity index (χ4n) is 2.24. The molecule has 12 heteroatoms. The summed E-state index contributed by atoms with van der Waals surface area (Å²) < 4.78 is 102. The summed E-state index contributed by atoms with van der Waals surface area (Å²) in [6, 6.07) is 5.21. The summed E-state index contributed by atoms with van der Waals surface area (Å²) in [5.41, 5.74) is -4.12. The number of nitrogens with one attached hydrogen (secondary N) is 1. The Morgan fingerprint density at radius 2 is 1.38 bits per heavy atom. The number of anilines is 1. The van der Waals surface area contributed by atoms with E-state index in [1.165, 1.54) is 12.1 Å². The van der Waals surface area contributed by atoms with Crippen LogP contribution in [0.2, 0.25) is 5.02 Å². The predicted molar refractivity (Wildman–Crippen MR) is 93.2 cm³/mol. The zero-order chi connectivity index (χ0) is 22.2. The van der Waals surface area contributed by atoms with Gasteiger partial charge in [0.05, 0.1) is 16.0 Å². The van der Waals surface area contributed by atoms with Gasteiger partial charge in [-0.1, -0.05) is 11.6 Å². The summed E-state index contributed by atoms with van der Waals surface area (Å²) in [5.74, 6) is -1.30. The lowest BCUT2D eigenvalue weighted by atomic mass is 10.1. The van der Waals surface area contributed by atoms with Crippen LogP contribution in [-0.2, 0) is 27.0 Å². The molecule has 0 aliphatic heterocycles. The zero-order valence-electron chi connectivity index (χ0n) is 14.4. The first-order valence-corrected chi connectivity index (χ1v) is 9.64. The fourth-order valence-corrected chi connectivity index (χ4v) is 3.63. The second-order valence-electron chi connectivity index (χ2n) is 5.92. The summed E-state index contributed by atoms with van der Waals surface area (Å²) in [7, 11) is -4.27. The van der Waals surface area contributed by atoms with E-state index in [-0.39, 0.29) is 28.1 Å². The molecule has 29 heavy (non-hydrogen) atoms. The number of hydrogen-bond donors (Lipinski definition) is 1. The van der Waals surface area contributed by atoms with Crippen molar-refractivity contribution in [2.24, 2.45) is 0 Å². The molecule has 0 aliphatic carbocycles. The Morgan fingerprint density at radius 1 is 0.931 bits per heavy atom. The van der Waals surface area contributed by atoms with Gasteiger partial charge in [0, 0.05) is 10.7 Å². The van der Waals surface area contributed by atoms with E-state index in [9.17, 15) is 39.6 Å². The Morgan fingerprint density at radius 3 is 1.79 bits per heavy atom. The van der Waals surface area contributed by atoms with Gasteiger partial charge in [-0.3, -0.25) is 4.79 Å². The van der Waals surface area contributed by atoms with Crippen molar-refractivity contribution in [1.82, 2.24) is 0 Å². The lowest BCUT2D eigenvalue weighted by Crippen LogP contribution is -2.32. The van der Waals surface area contributed by atoms with E-state index in [2.05, 4.69) is 0 Å². The number of alkyl halides is 6. The average Bonchev–Trinajstić information content (AvgIpc) is 2.59. The smallest absolute Gasteiger partial charge is 0.325 e. The maximum atomic E-state index is 12.9. The highest BCUT2D eigenvalue weighted by Crippen LogP contribution is 2.37. The number of carbonyl (C=O) groups excluding carboxylic acids is 1. The SMILES string of the molecule is C[C@H](C(=O)Nc1cc(C(F)(F)F)cc(C(F)(F)F)c1)S(=O)(=O)c1ccc(Cl)cc1. The van der Waals surface area contributed by atoms with Crippen LogP contribution in [0.3, 0.4) is 0 Å². The molecule has 1 amide bonds. The number of amides is 1. The number of rotatable bonds is 4. The van der Waals surface area contributed by atoms with Gasteiger partial charge in [-0.15, -0.1) is 0 Å². The fraction of sp³-hybridized carbons (Fsp3) is 0.235. The molecule has 0 bridgehead atoms. The van der Waals surface area contributed by atoms with E-state index in [1.807, 2.05) is 5.32 Å². The Kier molecular flexibility index (Phi) is 6.24. The van der Waals surface area contributed by atoms with E-state index in [4.69, 9.17) is 11.6 Å². The van der Waals surface area contributed by atoms with E-state index in [1.54, 1.807) is 0 Å². The molecule has 0 saturated heterocycles. The second-order valence-corrected chi connectivity index (χ2v) is 8.63. The Bertz CT molecular complexity index is 985. The number of carbonyl (C=O) groups is 1. The van der Waals surface area contributed by atoms with Gasteiger partial charge in [-0.2, -0.15) is 26.3 Å². The first kappa shape index (κ1) is 23.0. The van der Waals surface area contributed by atoms with Crippen molar-refractivity contribution in [3.8, 4) is 0 Å². The third-order valence-corrected chi connectivity index (χ3v) is 6.16. The summed E-state index contributed by atoms with van der Waals surface area (Å²) in [4.78, 5) is 12.0. The van der Waals surface area contributed by atoms with Crippen LogP contribution < -0.4 is 5.32 Å². The van der Waals surface area contributed by atoms with Gasteiger partial charge in [0.2, 0.25) is 5.91 Å². The molecule has 0 fully saturated rings. The number of hydrogen-bond acceptors (Lipinski definition) is 3. The number of sulfone groups is 1. The van der Waals surface area contributed by atoms with Crippen LogP contribution >= 0.6 is 11.6 Å². The first-order chi connectivity index (χ1) is 13.1. The van der Waals surface area contributed by atoms with E-state index in [0.29, 0.717) is 0 Å². The van der Waals surface area contributed by atoms with Gasteiger partial charge in [-0.25, -0.2) is 8.42 Å². The highest BCUT2D eigenvalue weighted by atomic mass is 35.5. The molecule has 0 saturated carbocycles. The van der Waals surface area contributed by atoms with Gasteiger partial charge < -0.3 is 5.32 Å². The molecular formula is C17H12ClF6NO3S. The molecule has 0 unspecified atom stereocenters. The third kappa shape index (κ3) is 5.41. The predicted octanol–water partition coefficient (Wildman–Crippen LogP) is 5.18. The molecule has 0 radical (unpaired) electrons. The maximum absolute atomic E-state index is 12.9. The van der Waals surface area contributed by atoms with Crippen LogP contribution in [0, 0.1) is 0 Å². The normalized spacial score (nSPS) is 13.8. The largest absolute Gasteiger partial charge is 0.416 e. The molecular weight excluding hydrogens is 448 g/mol. The zero-order valence-corrected chi connectivity index (χ0v) is 16.0. The Balaban J connectivity index is 2.37. The summed E-state index contributed by atoms with van der Waals surface area (Å²) in [5, 5.41) is 0.238. The highest BCUT2D eigenvalue weighted by Gasteiger charge is 2.37. The minimum atomic E-state index is -5.11. The summed E-state index contributed by atoms with van der Waals surface area (Å²) in [6.45, 7) is 0.956. The van der Waals surface area contributed by atoms with E-state index < -0.39 is 50.2 Å². The highest BCUT2D eigenvalue weighted by molar-refractivity contribution is 7.92. The van der Waals surface area contributed by atoms with Crippen LogP contribution in [0.15, 0.2) is 47.4 Å². The van der Waals surface area contributed by atoms with Crippen molar-refractivity contribution < 1.29 is 39.6 Å². The van der Waals surface area contributed by atoms with Crippen molar-refractivity contribution in [2.75, 3.05) is 5.32 Å². The van der Waals surface area contributed by atoms with Crippen molar-refractivity contribution in [1.29, 1.82) is 0 Å². The lowest BCUT2D eigenvalue weighted by molar-refractivity contribution is -0.143. The van der Waals surface area contributed by atoms with Gasteiger partial charge >= 0.3 is 12.4 Å². The molecule has 2 aromatic carbocycles. The summed E-state index contributed by atoms with van der Waals surface area (Å²) in [6.07, 6.45) is -10.2. The number of halogens is 7. The van der Waals surface area contributed by atoms with Crippen LogP contribution in [0.25, 0.3) is 0 Å².